The molecule has 1 unspecified atom stereocenters. The molecule has 2 aliphatic heterocycles. The first-order chi connectivity index (χ1) is 19.7. The van der Waals surface area contributed by atoms with Gasteiger partial charge >= 0.3 is 83.7 Å². The van der Waals surface area contributed by atoms with Crippen molar-refractivity contribution in [3.8, 4) is 11.1 Å². The van der Waals surface area contributed by atoms with Crippen LogP contribution in [-0.2, 0) is 0 Å². The number of hydrogen-bond acceptors (Lipinski definition) is 8. The predicted molar refractivity (Wildman–Crippen MR) is 160 cm³/mol. The molecule has 1 radical (unpaired) electrons. The Kier molecular flexibility index (Phi) is 8.87. The first kappa shape index (κ1) is 29.4. The molecule has 2 aromatic carbocycles. The summed E-state index contributed by atoms with van der Waals surface area (Å²) in [4.78, 5) is 15.1. The van der Waals surface area contributed by atoms with E-state index in [2.05, 4.69) is 74.5 Å². The van der Waals surface area contributed by atoms with Crippen LogP contribution in [0.15, 0.2) is 73.8 Å². The SMILES string of the molecule is C=C1c2cc(-c3c[nH]c4ncnc(N)c34)ccc2C(CC)=CN1c1ccccc1.C[At]CC1CCN(C(O)(O)O)C1. The van der Waals surface area contributed by atoms with Crippen molar-refractivity contribution in [1.82, 2.24) is 19.9 Å². The Hall–Kier alpha value is -3.14. The van der Waals surface area contributed by atoms with Crippen LogP contribution in [0.4, 0.5) is 11.5 Å². The number of allylic oxidation sites excluding steroid dienone is 1. The molecule has 2 aromatic heterocycles. The second-order valence-corrected chi connectivity index (χ2v) is 13.5. The second kappa shape index (κ2) is 12.4. The number of fused-ring (bicyclic) bond motifs is 2. The summed E-state index contributed by atoms with van der Waals surface area (Å²) in [6.07, 6.45) is 4.94. The second-order valence-electron chi connectivity index (χ2n) is 10.2. The van der Waals surface area contributed by atoms with Crippen molar-refractivity contribution in [2.45, 2.75) is 34.6 Å². The van der Waals surface area contributed by atoms with Crippen LogP contribution in [0, 0.1) is 29.2 Å². The molecule has 10 heteroatoms. The Bertz CT molecular complexity index is 1560. The summed E-state index contributed by atoms with van der Waals surface area (Å²) in [5.74, 6) is 1.04. The number of aliphatic hydroxyl groups is 3. The summed E-state index contributed by atoms with van der Waals surface area (Å²) in [7, 11) is 0. The molecular formula is C31H36AtN6O3. The van der Waals surface area contributed by atoms with Crippen LogP contribution in [0.3, 0.4) is 0 Å². The van der Waals surface area contributed by atoms with Crippen molar-refractivity contribution >= 4 is 33.8 Å². The maximum atomic E-state index is 8.85. The number of nitrogen functional groups attached to an aromatic ring is 1. The summed E-state index contributed by atoms with van der Waals surface area (Å²) < 4.78 is 3.50. The standard InChI is InChI=1S/C24H21N5.C7H15AtNO3/c1-3-16-13-29(18-7-5-4-6-8-18)15(2)20-11-17(9-10-19(16)20)21-12-26-24-22(21)23(25)27-14-28-24;1-8-4-6-2-3-9(5-6)7(10,11)12/h4-14H,2-3H2,1H3,(H3,25,26,27,28);6,10-12H,2-5H2,1H3. The van der Waals surface area contributed by atoms with Gasteiger partial charge in [0.05, 0.1) is 5.39 Å². The third-order valence-corrected chi connectivity index (χ3v) is 10.5. The topological polar surface area (TPSA) is 135 Å². The average molecular weight is 751 g/mol. The number of nitrogens with one attached hydrogen (secondary N) is 1. The van der Waals surface area contributed by atoms with Gasteiger partial charge < -0.3 is 15.6 Å². The van der Waals surface area contributed by atoms with Gasteiger partial charge in [-0.15, -0.1) is 0 Å². The Morgan fingerprint density at radius 3 is 2.56 bits per heavy atom. The Morgan fingerprint density at radius 2 is 1.88 bits per heavy atom. The number of aromatic amines is 1. The van der Waals surface area contributed by atoms with E-state index in [4.69, 9.17) is 21.1 Å². The van der Waals surface area contributed by atoms with Gasteiger partial charge in [0.15, 0.2) is 0 Å². The fourth-order valence-corrected chi connectivity index (χ4v) is 8.10. The van der Waals surface area contributed by atoms with E-state index in [1.807, 2.05) is 24.4 Å². The van der Waals surface area contributed by atoms with Gasteiger partial charge in [0.1, 0.15) is 17.8 Å². The van der Waals surface area contributed by atoms with E-state index in [1.54, 1.807) is 0 Å². The fourth-order valence-electron chi connectivity index (χ4n) is 5.43. The number of benzene rings is 2. The molecule has 6 N–H and O–H groups in total. The number of rotatable bonds is 6. The summed E-state index contributed by atoms with van der Waals surface area (Å²) in [5, 5.41) is 27.4. The van der Waals surface area contributed by atoms with Gasteiger partial charge in [-0.1, -0.05) is 43.8 Å². The zero-order chi connectivity index (χ0) is 29.1. The molecule has 9 nitrogen and oxygen atoms in total. The fraction of sp³-hybridized carbons (Fsp3) is 0.290. The zero-order valence-electron chi connectivity index (χ0n) is 23.3. The molecule has 6 rings (SSSR count). The van der Waals surface area contributed by atoms with Gasteiger partial charge in [-0.3, -0.25) is 0 Å². The van der Waals surface area contributed by atoms with E-state index in [9.17, 15) is 0 Å². The number of nitrogens with two attached hydrogens (primary N) is 1. The van der Waals surface area contributed by atoms with Crippen LogP contribution in [0.25, 0.3) is 33.4 Å². The number of nitrogens with zero attached hydrogens (tertiary/aromatic N) is 4. The van der Waals surface area contributed by atoms with Crippen molar-refractivity contribution in [2.75, 3.05) is 23.7 Å². The molecule has 41 heavy (non-hydrogen) atoms. The van der Waals surface area contributed by atoms with Crippen molar-refractivity contribution in [2.24, 2.45) is 5.92 Å². The third-order valence-electron chi connectivity index (χ3n) is 7.56. The molecule has 1 atom stereocenters. The number of H-pyrrole nitrogens is 1. The van der Waals surface area contributed by atoms with Crippen molar-refractivity contribution in [1.29, 1.82) is 0 Å². The van der Waals surface area contributed by atoms with Gasteiger partial charge in [0.2, 0.25) is 0 Å². The molecule has 215 valence electrons. The monoisotopic (exact) mass is 750 g/mol. The van der Waals surface area contributed by atoms with E-state index in [0.717, 1.165) is 51.9 Å². The minimum absolute atomic E-state index is 0.0593. The number of likely N-dealkylation sites (tertiary alicyclic amines) is 1. The van der Waals surface area contributed by atoms with Crippen LogP contribution >= 0.6 is 0 Å². The number of para-hydroxylation sites is 1. The predicted octanol–water partition coefficient (Wildman–Crippen LogP) is 4.90. The van der Waals surface area contributed by atoms with Gasteiger partial charge in [0.25, 0.3) is 0 Å². The molecule has 0 spiro atoms. The molecule has 2 aliphatic rings. The summed E-state index contributed by atoms with van der Waals surface area (Å²) in [6.45, 7) is 7.79. The molecule has 4 aromatic rings. The maximum absolute atomic E-state index is 8.85. The molecule has 0 amide bonds. The molecule has 0 saturated carbocycles. The van der Waals surface area contributed by atoms with Crippen molar-refractivity contribution in [3.63, 3.8) is 0 Å². The average Bonchev–Trinajstić information content (AvgIpc) is 3.63. The van der Waals surface area contributed by atoms with E-state index >= 15 is 0 Å². The van der Waals surface area contributed by atoms with Crippen LogP contribution in [0.2, 0.25) is 8.76 Å². The minimum atomic E-state index is -2.59. The van der Waals surface area contributed by atoms with Gasteiger partial charge in [-0.2, -0.15) is 0 Å². The van der Waals surface area contributed by atoms with E-state index in [-0.39, 0.29) is 23.2 Å². The first-order valence-electron chi connectivity index (χ1n) is 13.5. The number of anilines is 2. The van der Waals surface area contributed by atoms with Crippen molar-refractivity contribution in [3.05, 3.63) is 85.0 Å². The quantitative estimate of drug-likeness (QED) is 0.176. The Labute approximate surface area is 251 Å². The molecule has 0 bridgehead atoms. The molecule has 1 saturated heterocycles. The van der Waals surface area contributed by atoms with E-state index < -0.39 is 6.10 Å². The molecule has 0 aliphatic carbocycles. The number of hydrogen-bond donors (Lipinski definition) is 5. The Morgan fingerprint density at radius 1 is 1.10 bits per heavy atom. The van der Waals surface area contributed by atoms with E-state index in [1.165, 1.54) is 26.5 Å². The van der Waals surface area contributed by atoms with E-state index in [0.29, 0.717) is 24.8 Å². The van der Waals surface area contributed by atoms with Crippen LogP contribution in [0.5, 0.6) is 0 Å². The van der Waals surface area contributed by atoms with Crippen LogP contribution in [0.1, 0.15) is 30.9 Å². The van der Waals surface area contributed by atoms with Gasteiger partial charge in [-0.05, 0) is 41.3 Å². The third kappa shape index (κ3) is 6.22. The van der Waals surface area contributed by atoms with Crippen LogP contribution in [-0.4, -0.2) is 54.4 Å². The Balaban J connectivity index is 0.000000237. The summed E-state index contributed by atoms with van der Waals surface area (Å²) in [6, 6.07) is 16.8. The molecule has 4 heterocycles. The molecular weight excluding hydrogens is 714 g/mol. The van der Waals surface area contributed by atoms with Gasteiger partial charge in [-0.25, -0.2) is 9.97 Å². The summed E-state index contributed by atoms with van der Waals surface area (Å²) in [5.41, 5.74) is 14.6. The van der Waals surface area contributed by atoms with Crippen LogP contribution < -0.4 is 10.6 Å². The first-order valence-corrected chi connectivity index (χ1v) is 18.6. The number of aromatic nitrogens is 3. The normalized spacial score (nSPS) is 17.3. The molecule has 1 fully saturated rings. The zero-order valence-corrected chi connectivity index (χ0v) is 26.2. The summed E-state index contributed by atoms with van der Waals surface area (Å²) >= 11 is -0.0593. The van der Waals surface area contributed by atoms with Gasteiger partial charge in [0, 0.05) is 34.9 Å². The van der Waals surface area contributed by atoms with Crippen molar-refractivity contribution < 1.29 is 38.6 Å².